The molecule has 0 aliphatic heterocycles. The van der Waals surface area contributed by atoms with E-state index in [1.807, 2.05) is 24.3 Å². The van der Waals surface area contributed by atoms with Gasteiger partial charge in [0, 0.05) is 23.8 Å². The number of rotatable bonds is 2. The molecule has 2 N–H and O–H groups in total. The highest BCUT2D eigenvalue weighted by Gasteiger charge is 2.16. The van der Waals surface area contributed by atoms with Crippen LogP contribution in [-0.2, 0) is 0 Å². The van der Waals surface area contributed by atoms with E-state index in [0.29, 0.717) is 26.5 Å². The predicted octanol–water partition coefficient (Wildman–Crippen LogP) is 4.66. The summed E-state index contributed by atoms with van der Waals surface area (Å²) in [4.78, 5) is 7.85. The molecule has 100 valence electrons. The Balaban J connectivity index is 2.88. The van der Waals surface area contributed by atoms with Crippen molar-refractivity contribution in [3.8, 4) is 0 Å². The summed E-state index contributed by atoms with van der Waals surface area (Å²) in [5, 5.41) is 2.25. The van der Waals surface area contributed by atoms with Crippen LogP contribution < -0.4 is 5.73 Å². The van der Waals surface area contributed by atoms with Crippen molar-refractivity contribution >= 4 is 49.7 Å². The molecular formula is C15H11BrClN3. The van der Waals surface area contributed by atoms with Crippen LogP contribution in [0.15, 0.2) is 46.0 Å². The summed E-state index contributed by atoms with van der Waals surface area (Å²) in [5.41, 5.74) is 7.32. The molecule has 0 spiro atoms. The second-order valence-electron chi connectivity index (χ2n) is 4.00. The highest BCUT2D eigenvalue weighted by molar-refractivity contribution is 9.12. The maximum Gasteiger partial charge on any atom is 0.204 e. The summed E-state index contributed by atoms with van der Waals surface area (Å²) < 4.78 is 0.622. The average Bonchev–Trinajstić information content (AvgIpc) is 2.48. The van der Waals surface area contributed by atoms with Gasteiger partial charge in [-0.25, -0.2) is 4.85 Å². The second-order valence-corrected chi connectivity index (χ2v) is 5.26. The Morgan fingerprint density at radius 2 is 2.05 bits per heavy atom. The van der Waals surface area contributed by atoms with Gasteiger partial charge < -0.3 is 5.73 Å². The van der Waals surface area contributed by atoms with Crippen molar-refractivity contribution in [2.45, 2.75) is 0 Å². The monoisotopic (exact) mass is 347 g/mol. The Morgan fingerprint density at radius 1 is 1.40 bits per heavy atom. The molecule has 0 bridgehead atoms. The molecule has 0 heterocycles. The van der Waals surface area contributed by atoms with Gasteiger partial charge in [0.2, 0.25) is 5.69 Å². The lowest BCUT2D eigenvalue weighted by atomic mass is 10.0. The number of hydrogen-bond acceptors (Lipinski definition) is 2. The quantitative estimate of drug-likeness (QED) is 0.622. The molecule has 0 aromatic heterocycles. The predicted molar refractivity (Wildman–Crippen MR) is 88.9 cm³/mol. The number of nitrogens with two attached hydrogens (primary N) is 1. The van der Waals surface area contributed by atoms with Crippen LogP contribution in [0.3, 0.4) is 0 Å². The van der Waals surface area contributed by atoms with E-state index >= 15 is 0 Å². The van der Waals surface area contributed by atoms with E-state index in [1.165, 1.54) is 6.20 Å². The molecule has 0 fully saturated rings. The molecule has 0 atom stereocenters. The molecule has 2 aromatic rings. The summed E-state index contributed by atoms with van der Waals surface area (Å²) in [6.45, 7) is 7.46. The third kappa shape index (κ3) is 2.43. The first-order valence-corrected chi connectivity index (χ1v) is 6.94. The van der Waals surface area contributed by atoms with E-state index in [0.717, 1.165) is 10.8 Å². The van der Waals surface area contributed by atoms with E-state index in [-0.39, 0.29) is 0 Å². The van der Waals surface area contributed by atoms with E-state index in [2.05, 4.69) is 25.8 Å². The number of nitrogens with zero attached hydrogens (tertiary/aromatic N) is 2. The van der Waals surface area contributed by atoms with Gasteiger partial charge in [-0.3, -0.25) is 4.99 Å². The van der Waals surface area contributed by atoms with Crippen molar-refractivity contribution in [1.82, 2.24) is 0 Å². The lowest BCUT2D eigenvalue weighted by Crippen LogP contribution is -2.03. The standard InChI is InChI=1S/C15H11BrClN3/c1-19-14-10-6-4-3-5-9(10)13(17)7-11(14)15(20-2)12(16)8-18/h3-8H,18H2,2H3. The van der Waals surface area contributed by atoms with Crippen LogP contribution in [0.25, 0.3) is 15.6 Å². The molecule has 0 saturated heterocycles. The first-order chi connectivity index (χ1) is 9.63. The van der Waals surface area contributed by atoms with Crippen LogP contribution in [0.1, 0.15) is 5.56 Å². The highest BCUT2D eigenvalue weighted by atomic mass is 79.9. The van der Waals surface area contributed by atoms with Crippen molar-refractivity contribution in [2.75, 3.05) is 7.05 Å². The normalized spacial score (nSPS) is 12.5. The van der Waals surface area contributed by atoms with Gasteiger partial charge in [0.05, 0.1) is 16.8 Å². The summed E-state index contributed by atoms with van der Waals surface area (Å²) in [7, 11) is 1.65. The van der Waals surface area contributed by atoms with E-state index in [9.17, 15) is 0 Å². The van der Waals surface area contributed by atoms with Gasteiger partial charge >= 0.3 is 0 Å². The minimum absolute atomic E-state index is 0.518. The molecule has 5 heteroatoms. The Bertz CT molecular complexity index is 773. The smallest absolute Gasteiger partial charge is 0.204 e. The third-order valence-electron chi connectivity index (χ3n) is 2.93. The maximum absolute atomic E-state index is 7.46. The van der Waals surface area contributed by atoms with Gasteiger partial charge in [-0.1, -0.05) is 35.9 Å². The second kappa shape index (κ2) is 6.08. The zero-order chi connectivity index (χ0) is 14.7. The molecule has 0 saturated carbocycles. The van der Waals surface area contributed by atoms with Crippen molar-refractivity contribution < 1.29 is 0 Å². The van der Waals surface area contributed by atoms with Crippen LogP contribution in [0, 0.1) is 6.57 Å². The molecule has 0 unspecified atom stereocenters. The molecule has 0 amide bonds. The fourth-order valence-corrected chi connectivity index (χ4v) is 2.72. The summed E-state index contributed by atoms with van der Waals surface area (Å²) in [6.07, 6.45) is 1.40. The topological polar surface area (TPSA) is 42.7 Å². The Hall–Kier alpha value is -1.83. The van der Waals surface area contributed by atoms with E-state index in [1.54, 1.807) is 13.1 Å². The summed E-state index contributed by atoms with van der Waals surface area (Å²) >= 11 is 9.67. The molecule has 2 aromatic carbocycles. The number of aliphatic imine (C=N–C) groups is 1. The first kappa shape index (κ1) is 14.6. The fourth-order valence-electron chi connectivity index (χ4n) is 2.05. The van der Waals surface area contributed by atoms with Gasteiger partial charge in [0.25, 0.3) is 0 Å². The third-order valence-corrected chi connectivity index (χ3v) is 3.88. The van der Waals surface area contributed by atoms with Gasteiger partial charge in [-0.15, -0.1) is 0 Å². The first-order valence-electron chi connectivity index (χ1n) is 5.77. The summed E-state index contributed by atoms with van der Waals surface area (Å²) in [5.74, 6) is 0. The van der Waals surface area contributed by atoms with Crippen molar-refractivity contribution in [2.24, 2.45) is 10.7 Å². The maximum atomic E-state index is 7.46. The molecule has 0 aliphatic carbocycles. The van der Waals surface area contributed by atoms with Crippen molar-refractivity contribution in [3.63, 3.8) is 0 Å². The highest BCUT2D eigenvalue weighted by Crippen LogP contribution is 2.37. The van der Waals surface area contributed by atoms with Gasteiger partial charge in [-0.05, 0) is 32.8 Å². The van der Waals surface area contributed by atoms with Gasteiger partial charge in [-0.2, -0.15) is 0 Å². The Kier molecular flexibility index (Phi) is 4.43. The minimum atomic E-state index is 0.518. The van der Waals surface area contributed by atoms with Crippen molar-refractivity contribution in [1.29, 1.82) is 0 Å². The van der Waals surface area contributed by atoms with Crippen LogP contribution in [0.5, 0.6) is 0 Å². The van der Waals surface area contributed by atoms with Crippen LogP contribution in [0.2, 0.25) is 5.02 Å². The minimum Gasteiger partial charge on any atom is -0.404 e. The zero-order valence-corrected chi connectivity index (χ0v) is 13.0. The molecule has 20 heavy (non-hydrogen) atoms. The number of fused-ring (bicyclic) bond motifs is 1. The molecule has 3 nitrogen and oxygen atoms in total. The zero-order valence-electron chi connectivity index (χ0n) is 10.7. The van der Waals surface area contributed by atoms with Gasteiger partial charge in [0.15, 0.2) is 0 Å². The van der Waals surface area contributed by atoms with E-state index in [4.69, 9.17) is 23.9 Å². The number of halogens is 2. The Morgan fingerprint density at radius 3 is 2.60 bits per heavy atom. The van der Waals surface area contributed by atoms with Crippen LogP contribution in [0.4, 0.5) is 5.69 Å². The number of allylic oxidation sites excluding steroid dienone is 1. The molecule has 0 aliphatic rings. The van der Waals surface area contributed by atoms with Crippen LogP contribution in [-0.4, -0.2) is 12.8 Å². The molecule has 2 rings (SSSR count). The molecule has 0 radical (unpaired) electrons. The average molecular weight is 349 g/mol. The van der Waals surface area contributed by atoms with Gasteiger partial charge in [0.1, 0.15) is 0 Å². The molecular weight excluding hydrogens is 338 g/mol. The Labute approximate surface area is 130 Å². The SMILES string of the molecule is [C-]#[N+]c1c(C(=NC)C(Br)=CN)cc(Cl)c2ccccc12. The van der Waals surface area contributed by atoms with E-state index < -0.39 is 0 Å². The number of hydrogen-bond donors (Lipinski definition) is 1. The fraction of sp³-hybridized carbons (Fsp3) is 0.0667. The van der Waals surface area contributed by atoms with Crippen LogP contribution >= 0.6 is 27.5 Å². The van der Waals surface area contributed by atoms with Crippen molar-refractivity contribution in [3.05, 3.63) is 63.0 Å². The number of benzene rings is 2. The lowest BCUT2D eigenvalue weighted by molar-refractivity contribution is 1.43. The lowest BCUT2D eigenvalue weighted by Gasteiger charge is -2.11. The largest absolute Gasteiger partial charge is 0.404 e. The summed E-state index contributed by atoms with van der Waals surface area (Å²) in [6, 6.07) is 9.31.